The first-order valence-corrected chi connectivity index (χ1v) is 6.22. The smallest absolute Gasteiger partial charge is 0.124 e. The van der Waals surface area contributed by atoms with Gasteiger partial charge in [-0.1, -0.05) is 0 Å². The van der Waals surface area contributed by atoms with Gasteiger partial charge in [0, 0.05) is 28.1 Å². The van der Waals surface area contributed by atoms with Crippen LogP contribution in [0.3, 0.4) is 0 Å². The topological polar surface area (TPSA) is 24.9 Å². The lowest BCUT2D eigenvalue weighted by molar-refractivity contribution is 0.662. The molecule has 2 aromatic heterocycles. The summed E-state index contributed by atoms with van der Waals surface area (Å²) in [4.78, 5) is 5.70. The van der Waals surface area contributed by atoms with E-state index in [9.17, 15) is 0 Å². The molecule has 0 aliphatic heterocycles. The van der Waals surface area contributed by atoms with E-state index in [4.69, 9.17) is 0 Å². The van der Waals surface area contributed by atoms with Crippen LogP contribution in [0.2, 0.25) is 0 Å². The van der Waals surface area contributed by atoms with Gasteiger partial charge in [0.25, 0.3) is 0 Å². The molecule has 1 N–H and O–H groups in total. The predicted octanol–water partition coefficient (Wildman–Crippen LogP) is 3.15. The summed E-state index contributed by atoms with van der Waals surface area (Å²) in [5.41, 5.74) is 1.23. The van der Waals surface area contributed by atoms with Crippen molar-refractivity contribution in [3.63, 3.8) is 0 Å². The lowest BCUT2D eigenvalue weighted by atomic mass is 10.3. The van der Waals surface area contributed by atoms with Gasteiger partial charge in [-0.2, -0.15) is 11.3 Å². The van der Waals surface area contributed by atoms with Crippen molar-refractivity contribution >= 4 is 22.7 Å². The Bertz CT molecular complexity index is 392. The van der Waals surface area contributed by atoms with Crippen LogP contribution in [0, 0.1) is 0 Å². The van der Waals surface area contributed by atoms with Crippen molar-refractivity contribution in [1.29, 1.82) is 0 Å². The van der Waals surface area contributed by atoms with Gasteiger partial charge in [0.15, 0.2) is 0 Å². The maximum absolute atomic E-state index is 4.41. The minimum Gasteiger partial charge on any atom is -0.312 e. The van der Waals surface area contributed by atoms with E-state index < -0.39 is 0 Å². The highest BCUT2D eigenvalue weighted by Gasteiger charge is 2.08. The summed E-state index contributed by atoms with van der Waals surface area (Å²) in [6, 6.07) is 2.50. The largest absolute Gasteiger partial charge is 0.312 e. The van der Waals surface area contributed by atoms with Gasteiger partial charge in [-0.15, -0.1) is 11.3 Å². The lowest BCUT2D eigenvalue weighted by Crippen LogP contribution is -2.10. The number of rotatable bonds is 3. The van der Waals surface area contributed by atoms with Gasteiger partial charge in [0.2, 0.25) is 0 Å². The monoisotopic (exact) mass is 224 g/mol. The number of thiazole rings is 1. The van der Waals surface area contributed by atoms with Crippen molar-refractivity contribution in [2.24, 2.45) is 0 Å². The summed E-state index contributed by atoms with van der Waals surface area (Å²) in [5.74, 6) is 0. The Kier molecular flexibility index (Phi) is 2.96. The summed E-state index contributed by atoms with van der Waals surface area (Å²) in [6.45, 7) is 2.14. The van der Waals surface area contributed by atoms with E-state index in [-0.39, 0.29) is 0 Å². The van der Waals surface area contributed by atoms with Gasteiger partial charge in [-0.05, 0) is 25.4 Å². The Morgan fingerprint density at radius 2 is 2.36 bits per heavy atom. The maximum Gasteiger partial charge on any atom is 0.124 e. The standard InChI is InChI=1S/C10H12N2S2/c1-7(11-2)9-5-12-10(14-9)8-3-4-13-6-8/h3-7,11H,1-2H3. The molecular weight excluding hydrogens is 212 g/mol. The van der Waals surface area contributed by atoms with Crippen molar-refractivity contribution in [1.82, 2.24) is 10.3 Å². The van der Waals surface area contributed by atoms with Crippen LogP contribution in [0.1, 0.15) is 17.8 Å². The Morgan fingerprint density at radius 1 is 1.50 bits per heavy atom. The fourth-order valence-electron chi connectivity index (χ4n) is 1.15. The molecular formula is C10H12N2S2. The van der Waals surface area contributed by atoms with Crippen LogP contribution in [-0.2, 0) is 0 Å². The molecule has 14 heavy (non-hydrogen) atoms. The van der Waals surface area contributed by atoms with E-state index in [1.165, 1.54) is 10.4 Å². The molecule has 0 amide bonds. The predicted molar refractivity (Wildman–Crippen MR) is 62.9 cm³/mol. The third-order valence-corrected chi connectivity index (χ3v) is 4.06. The summed E-state index contributed by atoms with van der Waals surface area (Å²) in [7, 11) is 1.97. The fourth-order valence-corrected chi connectivity index (χ4v) is 2.84. The molecule has 1 atom stereocenters. The van der Waals surface area contributed by atoms with E-state index in [0.29, 0.717) is 6.04 Å². The zero-order chi connectivity index (χ0) is 9.97. The van der Waals surface area contributed by atoms with E-state index in [1.54, 1.807) is 22.7 Å². The second-order valence-corrected chi connectivity index (χ2v) is 4.93. The Morgan fingerprint density at radius 3 is 3.00 bits per heavy atom. The molecule has 0 spiro atoms. The minimum absolute atomic E-state index is 0.389. The van der Waals surface area contributed by atoms with Crippen LogP contribution in [0.15, 0.2) is 23.0 Å². The average molecular weight is 224 g/mol. The second-order valence-electron chi connectivity index (χ2n) is 3.09. The average Bonchev–Trinajstić information content (AvgIpc) is 2.86. The van der Waals surface area contributed by atoms with Gasteiger partial charge >= 0.3 is 0 Å². The molecule has 1 unspecified atom stereocenters. The first-order valence-electron chi connectivity index (χ1n) is 4.47. The molecule has 0 radical (unpaired) electrons. The number of nitrogens with one attached hydrogen (secondary N) is 1. The van der Waals surface area contributed by atoms with E-state index in [2.05, 4.69) is 34.1 Å². The molecule has 0 aromatic carbocycles. The Labute approximate surface area is 91.6 Å². The van der Waals surface area contributed by atoms with Gasteiger partial charge in [-0.3, -0.25) is 0 Å². The van der Waals surface area contributed by atoms with Crippen molar-refractivity contribution < 1.29 is 0 Å². The van der Waals surface area contributed by atoms with Crippen molar-refractivity contribution in [2.75, 3.05) is 7.05 Å². The highest BCUT2D eigenvalue weighted by molar-refractivity contribution is 7.15. The molecule has 2 aromatic rings. The number of hydrogen-bond donors (Lipinski definition) is 1. The van der Waals surface area contributed by atoms with Crippen molar-refractivity contribution in [2.45, 2.75) is 13.0 Å². The Hall–Kier alpha value is -0.710. The lowest BCUT2D eigenvalue weighted by Gasteiger charge is -2.04. The quantitative estimate of drug-likeness (QED) is 0.866. The third-order valence-electron chi connectivity index (χ3n) is 2.15. The summed E-state index contributed by atoms with van der Waals surface area (Å²) in [5, 5.41) is 8.54. The van der Waals surface area contributed by atoms with Crippen LogP contribution in [0.25, 0.3) is 10.6 Å². The number of thiophene rings is 1. The number of hydrogen-bond acceptors (Lipinski definition) is 4. The van der Waals surface area contributed by atoms with E-state index in [0.717, 1.165) is 5.01 Å². The first kappa shape index (κ1) is 9.83. The fraction of sp³-hybridized carbons (Fsp3) is 0.300. The number of aromatic nitrogens is 1. The normalized spacial score (nSPS) is 13.0. The van der Waals surface area contributed by atoms with Gasteiger partial charge in [-0.25, -0.2) is 4.98 Å². The SMILES string of the molecule is CNC(C)c1cnc(-c2ccsc2)s1. The maximum atomic E-state index is 4.41. The highest BCUT2D eigenvalue weighted by Crippen LogP contribution is 2.29. The molecule has 2 rings (SSSR count). The molecule has 0 bridgehead atoms. The summed E-state index contributed by atoms with van der Waals surface area (Å²) in [6.07, 6.45) is 1.96. The minimum atomic E-state index is 0.389. The molecule has 0 aliphatic rings. The molecule has 0 aliphatic carbocycles. The van der Waals surface area contributed by atoms with E-state index >= 15 is 0 Å². The zero-order valence-electron chi connectivity index (χ0n) is 8.15. The molecule has 74 valence electrons. The third kappa shape index (κ3) is 1.87. The van der Waals surface area contributed by atoms with Gasteiger partial charge in [0.05, 0.1) is 0 Å². The summed E-state index contributed by atoms with van der Waals surface area (Å²) < 4.78 is 0. The number of nitrogens with zero attached hydrogens (tertiary/aromatic N) is 1. The highest BCUT2D eigenvalue weighted by atomic mass is 32.1. The van der Waals surface area contributed by atoms with Crippen molar-refractivity contribution in [3.05, 3.63) is 27.9 Å². The zero-order valence-corrected chi connectivity index (χ0v) is 9.78. The molecule has 2 heterocycles. The molecule has 4 heteroatoms. The molecule has 0 fully saturated rings. The first-order chi connectivity index (χ1) is 6.81. The Balaban J connectivity index is 2.26. The van der Waals surface area contributed by atoms with Gasteiger partial charge < -0.3 is 5.32 Å². The molecule has 0 saturated carbocycles. The van der Waals surface area contributed by atoms with Crippen LogP contribution >= 0.6 is 22.7 Å². The van der Waals surface area contributed by atoms with Crippen LogP contribution in [-0.4, -0.2) is 12.0 Å². The second kappa shape index (κ2) is 4.21. The summed E-state index contributed by atoms with van der Waals surface area (Å²) >= 11 is 3.47. The van der Waals surface area contributed by atoms with Crippen LogP contribution in [0.5, 0.6) is 0 Å². The van der Waals surface area contributed by atoms with E-state index in [1.807, 2.05) is 13.2 Å². The van der Waals surface area contributed by atoms with Crippen LogP contribution < -0.4 is 5.32 Å². The van der Waals surface area contributed by atoms with Crippen molar-refractivity contribution in [3.8, 4) is 10.6 Å². The molecule has 0 saturated heterocycles. The van der Waals surface area contributed by atoms with Gasteiger partial charge in [0.1, 0.15) is 5.01 Å². The van der Waals surface area contributed by atoms with Crippen LogP contribution in [0.4, 0.5) is 0 Å². The molecule has 2 nitrogen and oxygen atoms in total.